The molecule has 0 aromatic carbocycles. The van der Waals surface area contributed by atoms with E-state index in [0.717, 1.165) is 44.7 Å². The molecule has 0 unspecified atom stereocenters. The van der Waals surface area contributed by atoms with Gasteiger partial charge in [-0.2, -0.15) is 5.10 Å². The Morgan fingerprint density at radius 1 is 1.28 bits per heavy atom. The molecular weight excluding hydrogens is 376 g/mol. The van der Waals surface area contributed by atoms with Gasteiger partial charge in [0.1, 0.15) is 11.9 Å². The van der Waals surface area contributed by atoms with E-state index in [2.05, 4.69) is 22.2 Å². The lowest BCUT2D eigenvalue weighted by Gasteiger charge is -2.41. The number of nitrogens with one attached hydrogen (secondary N) is 1. The summed E-state index contributed by atoms with van der Waals surface area (Å²) in [4.78, 5) is 17.0. The molecule has 4 heterocycles. The molecular formula is C21H33F2N5O. The fraction of sp³-hybridized carbons (Fsp3) is 0.810. The van der Waals surface area contributed by atoms with Crippen LogP contribution in [0.15, 0.2) is 6.07 Å². The number of piperidine rings is 2. The molecule has 0 radical (unpaired) electrons. The Morgan fingerprint density at radius 2 is 2.03 bits per heavy atom. The first-order valence-corrected chi connectivity index (χ1v) is 11.0. The molecule has 29 heavy (non-hydrogen) atoms. The second-order valence-electron chi connectivity index (χ2n) is 9.20. The topological polar surface area (TPSA) is 53.4 Å². The van der Waals surface area contributed by atoms with Crippen LogP contribution in [0, 0.1) is 18.8 Å². The number of hydrogen-bond acceptors (Lipinski definition) is 4. The van der Waals surface area contributed by atoms with Crippen molar-refractivity contribution in [1.82, 2.24) is 19.6 Å². The second kappa shape index (κ2) is 8.58. The summed E-state index contributed by atoms with van der Waals surface area (Å²) in [6, 6.07) is 0.989. The van der Waals surface area contributed by atoms with Crippen LogP contribution in [0.1, 0.15) is 50.8 Å². The van der Waals surface area contributed by atoms with E-state index in [-0.39, 0.29) is 11.9 Å². The van der Waals surface area contributed by atoms with Gasteiger partial charge >= 0.3 is 0 Å². The summed E-state index contributed by atoms with van der Waals surface area (Å²) in [7, 11) is 0. The molecule has 1 amide bonds. The van der Waals surface area contributed by atoms with E-state index in [1.54, 1.807) is 0 Å². The molecule has 2 fully saturated rings. The van der Waals surface area contributed by atoms with Crippen LogP contribution >= 0.6 is 0 Å². The van der Waals surface area contributed by atoms with Crippen molar-refractivity contribution in [3.63, 3.8) is 0 Å². The molecule has 1 aromatic rings. The second-order valence-corrected chi connectivity index (χ2v) is 9.20. The van der Waals surface area contributed by atoms with Crippen molar-refractivity contribution in [3.8, 4) is 0 Å². The van der Waals surface area contributed by atoms with E-state index in [1.165, 1.54) is 17.5 Å². The molecule has 3 aliphatic heterocycles. The summed E-state index contributed by atoms with van der Waals surface area (Å²) in [6.45, 7) is 8.07. The van der Waals surface area contributed by atoms with Crippen LogP contribution in [0.5, 0.6) is 0 Å². The molecule has 3 aliphatic rings. The van der Waals surface area contributed by atoms with Gasteiger partial charge in [-0.1, -0.05) is 6.92 Å². The quantitative estimate of drug-likeness (QED) is 0.830. The number of likely N-dealkylation sites (tertiary alicyclic amines) is 2. The fourth-order valence-corrected chi connectivity index (χ4v) is 5.28. The van der Waals surface area contributed by atoms with Gasteiger partial charge in [0, 0.05) is 31.7 Å². The summed E-state index contributed by atoms with van der Waals surface area (Å²) in [5, 5.41) is 7.69. The number of anilines is 1. The van der Waals surface area contributed by atoms with Crippen molar-refractivity contribution in [2.24, 2.45) is 11.8 Å². The van der Waals surface area contributed by atoms with Crippen LogP contribution in [-0.2, 0) is 4.79 Å². The Bertz CT molecular complexity index is 716. The van der Waals surface area contributed by atoms with Crippen molar-refractivity contribution in [1.29, 1.82) is 0 Å². The van der Waals surface area contributed by atoms with Gasteiger partial charge in [0.15, 0.2) is 0 Å². The lowest BCUT2D eigenvalue weighted by Crippen LogP contribution is -2.49. The van der Waals surface area contributed by atoms with Crippen molar-refractivity contribution in [3.05, 3.63) is 11.8 Å². The van der Waals surface area contributed by atoms with Crippen LogP contribution in [0.2, 0.25) is 0 Å². The van der Waals surface area contributed by atoms with E-state index in [9.17, 15) is 13.6 Å². The van der Waals surface area contributed by atoms with Crippen LogP contribution in [0.25, 0.3) is 0 Å². The summed E-state index contributed by atoms with van der Waals surface area (Å²) in [5.74, 6) is 1.88. The number of amides is 1. The molecule has 8 heteroatoms. The molecule has 1 aromatic heterocycles. The van der Waals surface area contributed by atoms with Gasteiger partial charge in [-0.05, 0) is 57.4 Å². The molecule has 2 saturated heterocycles. The highest BCUT2D eigenvalue weighted by Gasteiger charge is 2.38. The van der Waals surface area contributed by atoms with Crippen molar-refractivity contribution in [2.45, 2.75) is 64.5 Å². The molecule has 0 bridgehead atoms. The smallest absolute Gasteiger partial charge is 0.260 e. The Morgan fingerprint density at radius 3 is 2.72 bits per heavy atom. The number of nitrogens with zero attached hydrogens (tertiary/aromatic N) is 4. The van der Waals surface area contributed by atoms with Crippen molar-refractivity contribution >= 4 is 11.7 Å². The first kappa shape index (κ1) is 20.6. The highest BCUT2D eigenvalue weighted by atomic mass is 19.3. The number of halogens is 2. The van der Waals surface area contributed by atoms with Gasteiger partial charge in [0.2, 0.25) is 5.91 Å². The van der Waals surface area contributed by atoms with Gasteiger partial charge in [0.25, 0.3) is 6.43 Å². The maximum absolute atomic E-state index is 13.6. The molecule has 1 N–H and O–H groups in total. The molecule has 4 rings (SSSR count). The van der Waals surface area contributed by atoms with E-state index >= 15 is 0 Å². The third-order valence-corrected chi connectivity index (χ3v) is 6.85. The molecule has 3 atom stereocenters. The predicted molar refractivity (Wildman–Crippen MR) is 108 cm³/mol. The molecule has 6 nitrogen and oxygen atoms in total. The normalized spacial score (nSPS) is 29.0. The first-order valence-electron chi connectivity index (χ1n) is 11.0. The number of fused-ring (bicyclic) bond motifs is 1. The van der Waals surface area contributed by atoms with E-state index in [1.807, 2.05) is 17.9 Å². The lowest BCUT2D eigenvalue weighted by atomic mass is 9.85. The minimum Gasteiger partial charge on any atom is -0.367 e. The minimum atomic E-state index is -2.42. The number of alkyl halides is 2. The zero-order valence-electron chi connectivity index (χ0n) is 17.5. The Hall–Kier alpha value is -1.70. The Kier molecular flexibility index (Phi) is 6.08. The summed E-state index contributed by atoms with van der Waals surface area (Å²) >= 11 is 0. The minimum absolute atomic E-state index is 0.0118. The Labute approximate surface area is 171 Å². The molecule has 162 valence electrons. The highest BCUT2D eigenvalue weighted by molar-refractivity contribution is 5.78. The fourth-order valence-electron chi connectivity index (χ4n) is 5.28. The van der Waals surface area contributed by atoms with Gasteiger partial charge in [-0.15, -0.1) is 0 Å². The highest BCUT2D eigenvalue weighted by Crippen LogP contribution is 2.36. The lowest BCUT2D eigenvalue weighted by molar-refractivity contribution is -0.134. The third-order valence-electron chi connectivity index (χ3n) is 6.85. The monoisotopic (exact) mass is 409 g/mol. The summed E-state index contributed by atoms with van der Waals surface area (Å²) in [6.07, 6.45) is 2.11. The van der Waals surface area contributed by atoms with Crippen LogP contribution in [0.4, 0.5) is 14.6 Å². The Balaban J connectivity index is 1.32. The largest absolute Gasteiger partial charge is 0.367 e. The SMILES string of the molecule is Cc1cc2n(n1)[C@@H](C(F)F)C[C@@H](C1CCN(C(=O)CN3CCC[C@@H](C)C3)CC1)N2. The van der Waals surface area contributed by atoms with Crippen LogP contribution in [0.3, 0.4) is 0 Å². The van der Waals surface area contributed by atoms with Crippen LogP contribution < -0.4 is 5.32 Å². The zero-order chi connectivity index (χ0) is 20.5. The number of carbonyl (C=O) groups excluding carboxylic acids is 1. The summed E-state index contributed by atoms with van der Waals surface area (Å²) < 4.78 is 28.7. The average molecular weight is 410 g/mol. The maximum Gasteiger partial charge on any atom is 0.260 e. The standard InChI is InChI=1S/C21H33F2N5O/c1-14-4-3-7-26(12-14)13-20(29)27-8-5-16(6-9-27)17-11-18(21(22)23)28-19(24-17)10-15(2)25-28/h10,14,16-18,21,24H,3-9,11-13H2,1-2H3/t14-,17+,18-/m1/s1. The van der Waals surface area contributed by atoms with Crippen molar-refractivity contribution in [2.75, 3.05) is 38.0 Å². The number of rotatable bonds is 4. The molecule has 0 saturated carbocycles. The van der Waals surface area contributed by atoms with Gasteiger partial charge in [0.05, 0.1) is 12.2 Å². The molecule has 0 aliphatic carbocycles. The van der Waals surface area contributed by atoms with E-state index in [4.69, 9.17) is 0 Å². The maximum atomic E-state index is 13.6. The molecule has 0 spiro atoms. The average Bonchev–Trinajstić information content (AvgIpc) is 3.07. The van der Waals surface area contributed by atoms with Crippen LogP contribution in [-0.4, -0.2) is 70.7 Å². The first-order chi connectivity index (χ1) is 13.9. The zero-order valence-corrected chi connectivity index (χ0v) is 17.5. The number of aryl methyl sites for hydroxylation is 1. The van der Waals surface area contributed by atoms with Gasteiger partial charge < -0.3 is 10.2 Å². The van der Waals surface area contributed by atoms with Gasteiger partial charge in [-0.25, -0.2) is 13.5 Å². The van der Waals surface area contributed by atoms with Crippen molar-refractivity contribution < 1.29 is 13.6 Å². The number of carbonyl (C=O) groups is 1. The number of hydrogen-bond donors (Lipinski definition) is 1. The van der Waals surface area contributed by atoms with E-state index < -0.39 is 12.5 Å². The van der Waals surface area contributed by atoms with E-state index in [0.29, 0.717) is 30.6 Å². The van der Waals surface area contributed by atoms with Gasteiger partial charge in [-0.3, -0.25) is 9.69 Å². The third kappa shape index (κ3) is 4.57. The number of aromatic nitrogens is 2. The summed E-state index contributed by atoms with van der Waals surface area (Å²) in [5.41, 5.74) is 0.756. The predicted octanol–water partition coefficient (Wildman–Crippen LogP) is 3.15.